The van der Waals surface area contributed by atoms with Gasteiger partial charge in [-0.25, -0.2) is 13.2 Å². The Morgan fingerprint density at radius 3 is 2.33 bits per heavy atom. The van der Waals surface area contributed by atoms with Crippen molar-refractivity contribution in [2.75, 3.05) is 20.2 Å². The SMILES string of the molecule is CCOC(=O)C1(NC(=O)CN(C)S(=O)(=O)c2ccc(Br)cc2)CCCCC1. The molecule has 0 radical (unpaired) electrons. The Hall–Kier alpha value is -1.45. The number of ether oxygens (including phenoxy) is 1. The first-order valence-electron chi connectivity index (χ1n) is 8.91. The van der Waals surface area contributed by atoms with Crippen molar-refractivity contribution in [2.24, 2.45) is 0 Å². The van der Waals surface area contributed by atoms with E-state index in [1.165, 1.54) is 19.2 Å². The maximum atomic E-state index is 12.6. The second kappa shape index (κ2) is 9.16. The summed E-state index contributed by atoms with van der Waals surface area (Å²) in [6.45, 7) is 1.57. The highest BCUT2D eigenvalue weighted by Crippen LogP contribution is 2.29. The Labute approximate surface area is 168 Å². The molecule has 1 fully saturated rings. The second-order valence-electron chi connectivity index (χ2n) is 6.63. The number of nitrogens with zero attached hydrogens (tertiary/aromatic N) is 1. The summed E-state index contributed by atoms with van der Waals surface area (Å²) in [7, 11) is -2.46. The van der Waals surface area contributed by atoms with Crippen LogP contribution in [0.25, 0.3) is 0 Å². The van der Waals surface area contributed by atoms with Gasteiger partial charge in [0.1, 0.15) is 5.54 Å². The summed E-state index contributed by atoms with van der Waals surface area (Å²) in [4.78, 5) is 25.0. The van der Waals surface area contributed by atoms with Crippen molar-refractivity contribution in [1.82, 2.24) is 9.62 Å². The van der Waals surface area contributed by atoms with Crippen molar-refractivity contribution >= 4 is 37.8 Å². The second-order valence-corrected chi connectivity index (χ2v) is 9.59. The Morgan fingerprint density at radius 2 is 1.78 bits per heavy atom. The predicted molar refractivity (Wildman–Crippen MR) is 105 cm³/mol. The van der Waals surface area contributed by atoms with Gasteiger partial charge in [-0.1, -0.05) is 35.2 Å². The van der Waals surface area contributed by atoms with Gasteiger partial charge < -0.3 is 10.1 Å². The van der Waals surface area contributed by atoms with Crippen LogP contribution >= 0.6 is 15.9 Å². The maximum absolute atomic E-state index is 12.6. The summed E-state index contributed by atoms with van der Waals surface area (Å²) >= 11 is 3.26. The van der Waals surface area contributed by atoms with Crippen LogP contribution in [0, 0.1) is 0 Å². The molecule has 1 aliphatic carbocycles. The van der Waals surface area contributed by atoms with Gasteiger partial charge in [0.15, 0.2) is 0 Å². The number of hydrogen-bond donors (Lipinski definition) is 1. The van der Waals surface area contributed by atoms with Gasteiger partial charge in [0, 0.05) is 11.5 Å². The van der Waals surface area contributed by atoms with E-state index in [0.29, 0.717) is 12.8 Å². The molecule has 0 unspecified atom stereocenters. The molecule has 0 saturated heterocycles. The molecule has 1 amide bonds. The molecule has 27 heavy (non-hydrogen) atoms. The number of carbonyl (C=O) groups is 2. The van der Waals surface area contributed by atoms with E-state index in [4.69, 9.17) is 4.74 Å². The molecular formula is C18H25BrN2O5S. The van der Waals surface area contributed by atoms with Gasteiger partial charge in [0.2, 0.25) is 15.9 Å². The highest BCUT2D eigenvalue weighted by molar-refractivity contribution is 9.10. The Kier molecular flexibility index (Phi) is 7.41. The Bertz CT molecular complexity index is 773. The van der Waals surface area contributed by atoms with Gasteiger partial charge in [0.05, 0.1) is 18.0 Å². The van der Waals surface area contributed by atoms with E-state index in [-0.39, 0.29) is 18.0 Å². The first kappa shape index (κ1) is 21.8. The van der Waals surface area contributed by atoms with Crippen LogP contribution in [0.2, 0.25) is 0 Å². The Morgan fingerprint density at radius 1 is 1.19 bits per heavy atom. The minimum atomic E-state index is -3.81. The number of nitrogens with one attached hydrogen (secondary N) is 1. The number of likely N-dealkylation sites (N-methyl/N-ethyl adjacent to an activating group) is 1. The van der Waals surface area contributed by atoms with Crippen LogP contribution in [0.1, 0.15) is 39.0 Å². The van der Waals surface area contributed by atoms with Gasteiger partial charge in [-0.3, -0.25) is 4.79 Å². The first-order chi connectivity index (χ1) is 12.7. The van der Waals surface area contributed by atoms with Gasteiger partial charge in [0.25, 0.3) is 0 Å². The molecule has 1 N–H and O–H groups in total. The molecular weight excluding hydrogens is 436 g/mol. The lowest BCUT2D eigenvalue weighted by molar-refractivity contribution is -0.155. The number of sulfonamides is 1. The van der Waals surface area contributed by atoms with Gasteiger partial charge in [-0.05, 0) is 44.0 Å². The molecule has 1 aromatic rings. The smallest absolute Gasteiger partial charge is 0.331 e. The quantitative estimate of drug-likeness (QED) is 0.630. The summed E-state index contributed by atoms with van der Waals surface area (Å²) in [5.41, 5.74) is -1.06. The average Bonchev–Trinajstić information content (AvgIpc) is 2.62. The number of benzene rings is 1. The van der Waals surface area contributed by atoms with E-state index < -0.39 is 27.4 Å². The highest BCUT2D eigenvalue weighted by Gasteiger charge is 2.42. The molecule has 7 nitrogen and oxygen atoms in total. The van der Waals surface area contributed by atoms with Crippen molar-refractivity contribution in [2.45, 2.75) is 49.5 Å². The molecule has 1 aromatic carbocycles. The molecule has 2 rings (SSSR count). The molecule has 0 heterocycles. The van der Waals surface area contributed by atoms with E-state index in [1.54, 1.807) is 19.1 Å². The summed E-state index contributed by atoms with van der Waals surface area (Å²) in [6.07, 6.45) is 3.62. The molecule has 1 saturated carbocycles. The van der Waals surface area contributed by atoms with Gasteiger partial charge in [-0.2, -0.15) is 4.31 Å². The molecule has 9 heteroatoms. The largest absolute Gasteiger partial charge is 0.464 e. The summed E-state index contributed by atoms with van der Waals surface area (Å²) in [5.74, 6) is -0.968. The van der Waals surface area contributed by atoms with E-state index in [0.717, 1.165) is 28.0 Å². The lowest BCUT2D eigenvalue weighted by Gasteiger charge is -2.35. The molecule has 0 atom stereocenters. The maximum Gasteiger partial charge on any atom is 0.331 e. The standard InChI is InChI=1S/C18H25BrN2O5S/c1-3-26-17(23)18(11-5-4-6-12-18)20-16(22)13-21(2)27(24,25)15-9-7-14(19)8-10-15/h7-10H,3-6,11-13H2,1-2H3,(H,20,22). The number of rotatable bonds is 7. The number of carbonyl (C=O) groups excluding carboxylic acids is 2. The molecule has 150 valence electrons. The fraction of sp³-hybridized carbons (Fsp3) is 0.556. The van der Waals surface area contributed by atoms with Crippen LogP contribution < -0.4 is 5.32 Å². The molecule has 0 bridgehead atoms. The number of hydrogen-bond acceptors (Lipinski definition) is 5. The van der Waals surface area contributed by atoms with E-state index >= 15 is 0 Å². The van der Waals surface area contributed by atoms with Crippen molar-refractivity contribution < 1.29 is 22.7 Å². The zero-order valence-electron chi connectivity index (χ0n) is 15.5. The van der Waals surface area contributed by atoms with Crippen LogP contribution in [0.4, 0.5) is 0 Å². The third-order valence-electron chi connectivity index (χ3n) is 4.64. The minimum absolute atomic E-state index is 0.0961. The number of amides is 1. The minimum Gasteiger partial charge on any atom is -0.464 e. The number of esters is 1. The van der Waals surface area contributed by atoms with Crippen LogP contribution in [-0.4, -0.2) is 50.3 Å². The fourth-order valence-corrected chi connectivity index (χ4v) is 4.58. The summed E-state index contributed by atoms with van der Waals surface area (Å²) in [5, 5.41) is 2.75. The summed E-state index contributed by atoms with van der Waals surface area (Å²) in [6, 6.07) is 6.18. The summed E-state index contributed by atoms with van der Waals surface area (Å²) < 4.78 is 32.1. The molecule has 0 aliphatic heterocycles. The van der Waals surface area contributed by atoms with Crippen molar-refractivity contribution in [3.8, 4) is 0 Å². The molecule has 0 spiro atoms. The van der Waals surface area contributed by atoms with Gasteiger partial charge in [-0.15, -0.1) is 0 Å². The van der Waals surface area contributed by atoms with Gasteiger partial charge >= 0.3 is 5.97 Å². The first-order valence-corrected chi connectivity index (χ1v) is 11.1. The predicted octanol–water partition coefficient (Wildman–Crippen LogP) is 2.45. The zero-order valence-corrected chi connectivity index (χ0v) is 17.9. The monoisotopic (exact) mass is 460 g/mol. The van der Waals surface area contributed by atoms with Crippen LogP contribution in [0.3, 0.4) is 0 Å². The molecule has 0 aromatic heterocycles. The van der Waals surface area contributed by atoms with Crippen molar-refractivity contribution in [3.05, 3.63) is 28.7 Å². The topological polar surface area (TPSA) is 92.8 Å². The Balaban J connectivity index is 2.10. The van der Waals surface area contributed by atoms with Crippen LogP contribution in [-0.2, 0) is 24.3 Å². The van der Waals surface area contributed by atoms with E-state index in [1.807, 2.05) is 0 Å². The lowest BCUT2D eigenvalue weighted by Crippen LogP contribution is -2.58. The fourth-order valence-electron chi connectivity index (χ4n) is 3.18. The lowest BCUT2D eigenvalue weighted by atomic mass is 9.81. The van der Waals surface area contributed by atoms with E-state index in [9.17, 15) is 18.0 Å². The van der Waals surface area contributed by atoms with E-state index in [2.05, 4.69) is 21.2 Å². The van der Waals surface area contributed by atoms with Crippen LogP contribution in [0.5, 0.6) is 0 Å². The third-order valence-corrected chi connectivity index (χ3v) is 6.99. The average molecular weight is 461 g/mol. The van der Waals surface area contributed by atoms with Crippen LogP contribution in [0.15, 0.2) is 33.6 Å². The van der Waals surface area contributed by atoms with Crippen molar-refractivity contribution in [3.63, 3.8) is 0 Å². The normalized spacial score (nSPS) is 16.7. The molecule has 1 aliphatic rings. The highest BCUT2D eigenvalue weighted by atomic mass is 79.9. The zero-order chi connectivity index (χ0) is 20.1. The van der Waals surface area contributed by atoms with Crippen molar-refractivity contribution in [1.29, 1.82) is 0 Å². The number of halogens is 1. The third kappa shape index (κ3) is 5.30.